The van der Waals surface area contributed by atoms with E-state index in [1.165, 1.54) is 19.3 Å². The van der Waals surface area contributed by atoms with E-state index >= 15 is 0 Å². The minimum absolute atomic E-state index is 0.0890. The van der Waals surface area contributed by atoms with Gasteiger partial charge in [0.1, 0.15) is 0 Å². The van der Waals surface area contributed by atoms with Gasteiger partial charge in [0.15, 0.2) is 0 Å². The SMILES string of the molecule is CC1(C)CCCCC1=NNC(=N)N. The van der Waals surface area contributed by atoms with Crippen LogP contribution in [0.5, 0.6) is 0 Å². The van der Waals surface area contributed by atoms with Gasteiger partial charge in [0.25, 0.3) is 0 Å². The zero-order valence-corrected chi connectivity index (χ0v) is 8.35. The number of hydrazone groups is 1. The lowest BCUT2D eigenvalue weighted by atomic mass is 9.76. The maximum Gasteiger partial charge on any atom is 0.206 e. The number of hydrogen-bond donors (Lipinski definition) is 3. The first-order chi connectivity index (χ1) is 6.02. The van der Waals surface area contributed by atoms with E-state index in [9.17, 15) is 0 Å². The molecule has 13 heavy (non-hydrogen) atoms. The van der Waals surface area contributed by atoms with Gasteiger partial charge in [-0.15, -0.1) is 0 Å². The lowest BCUT2D eigenvalue weighted by Crippen LogP contribution is -2.33. The summed E-state index contributed by atoms with van der Waals surface area (Å²) in [4.78, 5) is 0. The van der Waals surface area contributed by atoms with E-state index in [0.29, 0.717) is 0 Å². The molecule has 0 aromatic carbocycles. The molecule has 0 aromatic rings. The van der Waals surface area contributed by atoms with Gasteiger partial charge in [-0.1, -0.05) is 20.3 Å². The van der Waals surface area contributed by atoms with Crippen molar-refractivity contribution in [2.45, 2.75) is 39.5 Å². The topological polar surface area (TPSA) is 74.3 Å². The Balaban J connectivity index is 2.64. The summed E-state index contributed by atoms with van der Waals surface area (Å²) in [6.07, 6.45) is 4.66. The predicted molar refractivity (Wildman–Crippen MR) is 54.7 cm³/mol. The lowest BCUT2D eigenvalue weighted by molar-refractivity contribution is 0.408. The Hall–Kier alpha value is -1.06. The molecule has 1 fully saturated rings. The fourth-order valence-corrected chi connectivity index (χ4v) is 1.68. The van der Waals surface area contributed by atoms with Crippen LogP contribution in [0.25, 0.3) is 0 Å². The van der Waals surface area contributed by atoms with Crippen molar-refractivity contribution in [2.75, 3.05) is 0 Å². The van der Waals surface area contributed by atoms with Crippen molar-refractivity contribution >= 4 is 11.7 Å². The van der Waals surface area contributed by atoms with Crippen LogP contribution in [0.2, 0.25) is 0 Å². The number of guanidine groups is 1. The van der Waals surface area contributed by atoms with Crippen LogP contribution in [0.15, 0.2) is 5.10 Å². The molecule has 0 heterocycles. The van der Waals surface area contributed by atoms with Crippen LogP contribution in [0, 0.1) is 10.8 Å². The van der Waals surface area contributed by atoms with Crippen molar-refractivity contribution in [3.8, 4) is 0 Å². The molecule has 0 atom stereocenters. The molecule has 0 spiro atoms. The largest absolute Gasteiger partial charge is 0.369 e. The number of nitrogens with one attached hydrogen (secondary N) is 2. The van der Waals surface area contributed by atoms with E-state index in [-0.39, 0.29) is 11.4 Å². The van der Waals surface area contributed by atoms with Gasteiger partial charge in [0.2, 0.25) is 5.96 Å². The van der Waals surface area contributed by atoms with Crippen LogP contribution < -0.4 is 11.2 Å². The summed E-state index contributed by atoms with van der Waals surface area (Å²) in [6.45, 7) is 4.37. The Kier molecular flexibility index (Phi) is 2.90. The fourth-order valence-electron chi connectivity index (χ4n) is 1.68. The summed E-state index contributed by atoms with van der Waals surface area (Å²) in [5.41, 5.74) is 8.98. The van der Waals surface area contributed by atoms with E-state index in [1.807, 2.05) is 0 Å². The first-order valence-electron chi connectivity index (χ1n) is 4.69. The van der Waals surface area contributed by atoms with Crippen molar-refractivity contribution in [3.63, 3.8) is 0 Å². The highest BCUT2D eigenvalue weighted by molar-refractivity contribution is 5.91. The molecule has 74 valence electrons. The number of rotatable bonds is 1. The molecule has 0 amide bonds. The minimum atomic E-state index is -0.0890. The van der Waals surface area contributed by atoms with Gasteiger partial charge < -0.3 is 5.73 Å². The molecular formula is C9H18N4. The molecule has 0 aromatic heterocycles. The molecule has 1 aliphatic carbocycles. The molecule has 0 radical (unpaired) electrons. The van der Waals surface area contributed by atoms with E-state index in [4.69, 9.17) is 11.1 Å². The highest BCUT2D eigenvalue weighted by Gasteiger charge is 2.28. The molecule has 4 heteroatoms. The van der Waals surface area contributed by atoms with Crippen molar-refractivity contribution in [1.82, 2.24) is 5.43 Å². The number of hydrogen-bond acceptors (Lipinski definition) is 2. The van der Waals surface area contributed by atoms with Gasteiger partial charge in [-0.25, -0.2) is 5.43 Å². The Morgan fingerprint density at radius 1 is 1.54 bits per heavy atom. The third-order valence-electron chi connectivity index (χ3n) is 2.56. The number of nitrogens with zero attached hydrogens (tertiary/aromatic N) is 1. The summed E-state index contributed by atoms with van der Waals surface area (Å²) in [5.74, 6) is -0.0890. The quantitative estimate of drug-likeness (QED) is 0.326. The summed E-state index contributed by atoms with van der Waals surface area (Å²) in [7, 11) is 0. The third-order valence-corrected chi connectivity index (χ3v) is 2.56. The Labute approximate surface area is 79.1 Å². The maximum absolute atomic E-state index is 7.00. The molecule has 1 rings (SSSR count). The minimum Gasteiger partial charge on any atom is -0.369 e. The van der Waals surface area contributed by atoms with Crippen LogP contribution in [-0.4, -0.2) is 11.7 Å². The van der Waals surface area contributed by atoms with Gasteiger partial charge in [-0.05, 0) is 19.3 Å². The van der Waals surface area contributed by atoms with Gasteiger partial charge in [-0.3, -0.25) is 5.41 Å². The molecule has 0 bridgehead atoms. The van der Waals surface area contributed by atoms with Crippen molar-refractivity contribution in [3.05, 3.63) is 0 Å². The molecule has 0 aliphatic heterocycles. The number of nitrogens with two attached hydrogens (primary N) is 1. The van der Waals surface area contributed by atoms with Crippen LogP contribution in [0.3, 0.4) is 0 Å². The van der Waals surface area contributed by atoms with Gasteiger partial charge >= 0.3 is 0 Å². The van der Waals surface area contributed by atoms with Crippen LogP contribution in [0.4, 0.5) is 0 Å². The normalized spacial score (nSPS) is 24.3. The Morgan fingerprint density at radius 2 is 2.23 bits per heavy atom. The molecule has 1 aliphatic rings. The Morgan fingerprint density at radius 3 is 2.77 bits per heavy atom. The van der Waals surface area contributed by atoms with Crippen LogP contribution in [0.1, 0.15) is 39.5 Å². The van der Waals surface area contributed by atoms with Gasteiger partial charge in [-0.2, -0.15) is 5.10 Å². The molecular weight excluding hydrogens is 164 g/mol. The molecule has 0 unspecified atom stereocenters. The smallest absolute Gasteiger partial charge is 0.206 e. The summed E-state index contributed by atoms with van der Waals surface area (Å²) in [5, 5.41) is 11.2. The summed E-state index contributed by atoms with van der Waals surface area (Å²) >= 11 is 0. The van der Waals surface area contributed by atoms with E-state index in [0.717, 1.165) is 12.1 Å². The first kappa shape index (κ1) is 10.0. The average Bonchev–Trinajstić information content (AvgIpc) is 2.01. The first-order valence-corrected chi connectivity index (χ1v) is 4.69. The van der Waals surface area contributed by atoms with Crippen molar-refractivity contribution in [2.24, 2.45) is 16.3 Å². The fraction of sp³-hybridized carbons (Fsp3) is 0.778. The Bertz CT molecular complexity index is 230. The molecule has 1 saturated carbocycles. The third kappa shape index (κ3) is 2.72. The monoisotopic (exact) mass is 182 g/mol. The highest BCUT2D eigenvalue weighted by atomic mass is 15.3. The lowest BCUT2D eigenvalue weighted by Gasteiger charge is -2.30. The van der Waals surface area contributed by atoms with Crippen molar-refractivity contribution < 1.29 is 0 Å². The molecule has 0 saturated heterocycles. The van der Waals surface area contributed by atoms with Crippen LogP contribution in [-0.2, 0) is 0 Å². The molecule has 4 N–H and O–H groups in total. The standard InChI is InChI=1S/C9H18N4/c1-9(2)6-4-3-5-7(9)12-13-8(10)11/h3-6H2,1-2H3,(H4,10,11,13). The van der Waals surface area contributed by atoms with Crippen LogP contribution >= 0.6 is 0 Å². The second kappa shape index (κ2) is 3.77. The highest BCUT2D eigenvalue weighted by Crippen LogP contribution is 2.32. The summed E-state index contributed by atoms with van der Waals surface area (Å²) in [6, 6.07) is 0. The molecule has 4 nitrogen and oxygen atoms in total. The van der Waals surface area contributed by atoms with Gasteiger partial charge in [0.05, 0.1) is 0 Å². The van der Waals surface area contributed by atoms with Crippen molar-refractivity contribution in [1.29, 1.82) is 5.41 Å². The second-order valence-corrected chi connectivity index (χ2v) is 4.17. The predicted octanol–water partition coefficient (Wildman–Crippen LogP) is 1.43. The maximum atomic E-state index is 7.00. The van der Waals surface area contributed by atoms with Gasteiger partial charge in [0, 0.05) is 11.1 Å². The van der Waals surface area contributed by atoms with E-state index in [2.05, 4.69) is 24.4 Å². The zero-order valence-electron chi connectivity index (χ0n) is 8.35. The van der Waals surface area contributed by atoms with E-state index < -0.39 is 0 Å². The second-order valence-electron chi connectivity index (χ2n) is 4.17. The zero-order chi connectivity index (χ0) is 9.90. The summed E-state index contributed by atoms with van der Waals surface area (Å²) < 4.78 is 0. The average molecular weight is 182 g/mol. The van der Waals surface area contributed by atoms with E-state index in [1.54, 1.807) is 0 Å².